The van der Waals surface area contributed by atoms with Crippen LogP contribution in [-0.4, -0.2) is 54.3 Å². The molecule has 140 valence electrons. The summed E-state index contributed by atoms with van der Waals surface area (Å²) in [6.07, 6.45) is 2.54. The number of nitrogens with one attached hydrogen (secondary N) is 2. The molecule has 7 nitrogen and oxygen atoms in total. The summed E-state index contributed by atoms with van der Waals surface area (Å²) in [4.78, 5) is 10.9. The zero-order valence-corrected chi connectivity index (χ0v) is 15.5. The van der Waals surface area contributed by atoms with Gasteiger partial charge in [-0.1, -0.05) is 23.7 Å². The number of hydrogen-bond donors (Lipinski definition) is 3. The van der Waals surface area contributed by atoms with Crippen LogP contribution in [0.3, 0.4) is 0 Å². The standard InChI is InChI=1S/C18H25ClN6O/c19-15-4-2-14(3-5-15)12-22-18-16(20)17(23-13-24-18)21-6-1-7-25-8-10-26-11-9-25/h2-5,13H,1,6-12,20H2,(H2,21,22,23,24). The number of benzene rings is 1. The van der Waals surface area contributed by atoms with Crippen LogP contribution >= 0.6 is 11.6 Å². The van der Waals surface area contributed by atoms with Gasteiger partial charge in [-0.15, -0.1) is 0 Å². The molecule has 1 aromatic carbocycles. The van der Waals surface area contributed by atoms with Crippen molar-refractivity contribution >= 4 is 28.9 Å². The van der Waals surface area contributed by atoms with Gasteiger partial charge in [-0.05, 0) is 30.7 Å². The molecule has 0 atom stereocenters. The summed E-state index contributed by atoms with van der Waals surface area (Å²) in [5.41, 5.74) is 7.84. The van der Waals surface area contributed by atoms with Gasteiger partial charge in [0.2, 0.25) is 0 Å². The molecule has 3 rings (SSSR count). The van der Waals surface area contributed by atoms with Crippen molar-refractivity contribution in [3.63, 3.8) is 0 Å². The van der Waals surface area contributed by atoms with E-state index in [2.05, 4.69) is 25.5 Å². The van der Waals surface area contributed by atoms with Crippen LogP contribution in [0.4, 0.5) is 17.3 Å². The Kier molecular flexibility index (Phi) is 6.88. The molecule has 2 heterocycles. The van der Waals surface area contributed by atoms with Gasteiger partial charge >= 0.3 is 0 Å². The van der Waals surface area contributed by atoms with E-state index in [0.29, 0.717) is 23.9 Å². The van der Waals surface area contributed by atoms with Gasteiger partial charge in [0.05, 0.1) is 13.2 Å². The van der Waals surface area contributed by atoms with Crippen LogP contribution in [0.1, 0.15) is 12.0 Å². The van der Waals surface area contributed by atoms with E-state index in [4.69, 9.17) is 22.1 Å². The Hall–Kier alpha value is -2.09. The lowest BCUT2D eigenvalue weighted by Gasteiger charge is -2.26. The number of hydrogen-bond acceptors (Lipinski definition) is 7. The molecule has 2 aromatic rings. The van der Waals surface area contributed by atoms with Gasteiger partial charge in [-0.25, -0.2) is 9.97 Å². The van der Waals surface area contributed by atoms with Crippen molar-refractivity contribution in [1.82, 2.24) is 14.9 Å². The first kappa shape index (κ1) is 18.7. The second-order valence-corrected chi connectivity index (χ2v) is 6.64. The minimum atomic E-state index is 0.535. The maximum Gasteiger partial charge on any atom is 0.155 e. The zero-order valence-electron chi connectivity index (χ0n) is 14.7. The number of rotatable bonds is 8. The number of halogens is 1. The smallest absolute Gasteiger partial charge is 0.155 e. The largest absolute Gasteiger partial charge is 0.393 e. The Morgan fingerprint density at radius 3 is 2.50 bits per heavy atom. The molecule has 26 heavy (non-hydrogen) atoms. The first-order valence-electron chi connectivity index (χ1n) is 8.85. The van der Waals surface area contributed by atoms with Crippen molar-refractivity contribution in [2.75, 3.05) is 55.8 Å². The Morgan fingerprint density at radius 1 is 1.08 bits per heavy atom. The molecule has 1 aromatic heterocycles. The maximum absolute atomic E-state index is 6.20. The fourth-order valence-corrected chi connectivity index (χ4v) is 2.93. The molecular weight excluding hydrogens is 352 g/mol. The third kappa shape index (κ3) is 5.45. The van der Waals surface area contributed by atoms with Crippen LogP contribution in [0.25, 0.3) is 0 Å². The fraction of sp³-hybridized carbons (Fsp3) is 0.444. The van der Waals surface area contributed by atoms with Gasteiger partial charge in [0.1, 0.15) is 12.0 Å². The first-order valence-corrected chi connectivity index (χ1v) is 9.23. The van der Waals surface area contributed by atoms with Crippen LogP contribution in [0, 0.1) is 0 Å². The Balaban J connectivity index is 1.47. The molecule has 0 saturated carbocycles. The topological polar surface area (TPSA) is 88.3 Å². The predicted molar refractivity (Wildman–Crippen MR) is 106 cm³/mol. The predicted octanol–water partition coefficient (Wildman–Crippen LogP) is 2.46. The number of nitrogens with two attached hydrogens (primary N) is 1. The number of nitrogens with zero attached hydrogens (tertiary/aromatic N) is 3. The van der Waals surface area contributed by atoms with Crippen molar-refractivity contribution in [2.45, 2.75) is 13.0 Å². The summed E-state index contributed by atoms with van der Waals surface area (Å²) >= 11 is 5.91. The summed E-state index contributed by atoms with van der Waals surface area (Å²) < 4.78 is 5.36. The normalized spacial score (nSPS) is 15.0. The van der Waals surface area contributed by atoms with E-state index < -0.39 is 0 Å². The molecule has 4 N–H and O–H groups in total. The highest BCUT2D eigenvalue weighted by Crippen LogP contribution is 2.23. The van der Waals surface area contributed by atoms with Gasteiger partial charge in [0, 0.05) is 31.2 Å². The highest BCUT2D eigenvalue weighted by Gasteiger charge is 2.10. The summed E-state index contributed by atoms with van der Waals surface area (Å²) in [5, 5.41) is 7.28. The van der Waals surface area contributed by atoms with Crippen molar-refractivity contribution in [1.29, 1.82) is 0 Å². The number of anilines is 3. The number of ether oxygens (including phenoxy) is 1. The van der Waals surface area contributed by atoms with Gasteiger partial charge < -0.3 is 21.1 Å². The van der Waals surface area contributed by atoms with Gasteiger partial charge in [-0.3, -0.25) is 4.90 Å². The van der Waals surface area contributed by atoms with Crippen molar-refractivity contribution in [2.24, 2.45) is 0 Å². The molecule has 0 bridgehead atoms. The summed E-state index contributed by atoms with van der Waals surface area (Å²) in [6.45, 7) is 6.15. The lowest BCUT2D eigenvalue weighted by molar-refractivity contribution is 0.0378. The maximum atomic E-state index is 6.20. The molecule has 0 aliphatic carbocycles. The van der Waals surface area contributed by atoms with E-state index in [1.54, 1.807) is 0 Å². The molecule has 1 saturated heterocycles. The molecule has 0 amide bonds. The lowest BCUT2D eigenvalue weighted by atomic mass is 10.2. The molecule has 1 fully saturated rings. The highest BCUT2D eigenvalue weighted by atomic mass is 35.5. The van der Waals surface area contributed by atoms with Gasteiger partial charge in [0.15, 0.2) is 11.6 Å². The average molecular weight is 377 g/mol. The van der Waals surface area contributed by atoms with Gasteiger partial charge in [0.25, 0.3) is 0 Å². The molecular formula is C18H25ClN6O. The van der Waals surface area contributed by atoms with Crippen LogP contribution in [0.2, 0.25) is 5.02 Å². The molecule has 0 spiro atoms. The van der Waals surface area contributed by atoms with Crippen molar-refractivity contribution in [3.8, 4) is 0 Å². The lowest BCUT2D eigenvalue weighted by Crippen LogP contribution is -2.37. The Morgan fingerprint density at radius 2 is 1.77 bits per heavy atom. The van der Waals surface area contributed by atoms with Gasteiger partial charge in [-0.2, -0.15) is 0 Å². The molecule has 0 unspecified atom stereocenters. The third-order valence-corrected chi connectivity index (χ3v) is 4.56. The number of nitrogen functional groups attached to an aromatic ring is 1. The van der Waals surface area contributed by atoms with Crippen LogP contribution in [-0.2, 0) is 11.3 Å². The third-order valence-electron chi connectivity index (χ3n) is 4.30. The molecule has 8 heteroatoms. The molecule has 1 aliphatic rings. The van der Waals surface area contributed by atoms with Crippen LogP contribution in [0.5, 0.6) is 0 Å². The molecule has 0 radical (unpaired) electrons. The minimum Gasteiger partial charge on any atom is -0.393 e. The van der Waals surface area contributed by atoms with Crippen LogP contribution < -0.4 is 16.4 Å². The van der Waals surface area contributed by atoms with E-state index in [0.717, 1.165) is 56.4 Å². The summed E-state index contributed by atoms with van der Waals surface area (Å²) in [6, 6.07) is 7.67. The first-order chi connectivity index (χ1) is 12.7. The van der Waals surface area contributed by atoms with E-state index >= 15 is 0 Å². The highest BCUT2D eigenvalue weighted by molar-refractivity contribution is 6.30. The Labute approximate surface area is 158 Å². The SMILES string of the molecule is Nc1c(NCCCN2CCOCC2)ncnc1NCc1ccc(Cl)cc1. The molecule has 1 aliphatic heterocycles. The van der Waals surface area contributed by atoms with Crippen molar-refractivity contribution in [3.05, 3.63) is 41.2 Å². The van der Waals surface area contributed by atoms with E-state index in [9.17, 15) is 0 Å². The summed E-state index contributed by atoms with van der Waals surface area (Å²) in [7, 11) is 0. The van der Waals surface area contributed by atoms with Crippen molar-refractivity contribution < 1.29 is 4.74 Å². The van der Waals surface area contributed by atoms with E-state index in [-0.39, 0.29) is 0 Å². The quantitative estimate of drug-likeness (QED) is 0.610. The van der Waals surface area contributed by atoms with E-state index in [1.807, 2.05) is 24.3 Å². The summed E-state index contributed by atoms with van der Waals surface area (Å²) in [5.74, 6) is 1.30. The second-order valence-electron chi connectivity index (χ2n) is 6.20. The van der Waals surface area contributed by atoms with Crippen LogP contribution in [0.15, 0.2) is 30.6 Å². The second kappa shape index (κ2) is 9.56. The average Bonchev–Trinajstić information content (AvgIpc) is 2.67. The monoisotopic (exact) mass is 376 g/mol. The van der Waals surface area contributed by atoms with E-state index in [1.165, 1.54) is 6.33 Å². The number of aromatic nitrogens is 2. The Bertz CT molecular complexity index is 691. The minimum absolute atomic E-state index is 0.535. The zero-order chi connectivity index (χ0) is 18.2. The number of morpholine rings is 1. The fourth-order valence-electron chi connectivity index (χ4n) is 2.80.